The van der Waals surface area contributed by atoms with Crippen molar-refractivity contribution in [2.75, 3.05) is 16.4 Å². The number of nitrogens with two attached hydrogens (primary N) is 1. The lowest BCUT2D eigenvalue weighted by Crippen LogP contribution is -2.13. The minimum atomic E-state index is -0.227. The van der Waals surface area contributed by atoms with Gasteiger partial charge in [-0.2, -0.15) is 0 Å². The van der Waals surface area contributed by atoms with Gasteiger partial charge in [-0.1, -0.05) is 33.3 Å². The lowest BCUT2D eigenvalue weighted by Gasteiger charge is -2.08. The van der Waals surface area contributed by atoms with Gasteiger partial charge in [0, 0.05) is 16.2 Å². The summed E-state index contributed by atoms with van der Waals surface area (Å²) in [4.78, 5) is 17.0. The highest BCUT2D eigenvalue weighted by atomic mass is 79.9. The number of thiazole rings is 1. The summed E-state index contributed by atoms with van der Waals surface area (Å²) >= 11 is 4.74. The predicted octanol–water partition coefficient (Wildman–Crippen LogP) is 3.62. The summed E-state index contributed by atoms with van der Waals surface area (Å²) in [5.74, 6) is 0.0448. The van der Waals surface area contributed by atoms with E-state index in [2.05, 4.69) is 31.5 Å². The first-order valence-corrected chi connectivity index (χ1v) is 8.25. The van der Waals surface area contributed by atoms with E-state index < -0.39 is 0 Å². The average molecular weight is 367 g/mol. The fourth-order valence-corrected chi connectivity index (χ4v) is 3.10. The fourth-order valence-electron chi connectivity index (χ4n) is 1.88. The minimum Gasteiger partial charge on any atom is -0.382 e. The maximum atomic E-state index is 12.3. The van der Waals surface area contributed by atoms with Crippen LogP contribution in [0.3, 0.4) is 0 Å². The molecule has 1 fully saturated rings. The van der Waals surface area contributed by atoms with Gasteiger partial charge in [0.1, 0.15) is 10.7 Å². The van der Waals surface area contributed by atoms with Crippen LogP contribution in [0.25, 0.3) is 0 Å². The van der Waals surface area contributed by atoms with Gasteiger partial charge in [0.15, 0.2) is 5.13 Å². The summed E-state index contributed by atoms with van der Waals surface area (Å²) in [7, 11) is 0. The number of halogens is 1. The molecular weight excluding hydrogens is 352 g/mol. The number of nitrogen functional groups attached to an aromatic ring is 1. The fraction of sp³-hybridized carbons (Fsp3) is 0.286. The Morgan fingerprint density at radius 1 is 1.48 bits per heavy atom. The Balaban J connectivity index is 1.78. The van der Waals surface area contributed by atoms with Crippen molar-refractivity contribution in [2.45, 2.75) is 25.8 Å². The zero-order valence-electron chi connectivity index (χ0n) is 11.4. The number of nitrogens with one attached hydrogen (secondary N) is 2. The summed E-state index contributed by atoms with van der Waals surface area (Å²) in [5.41, 5.74) is 7.59. The normalized spacial score (nSPS) is 14.0. The third-order valence-electron chi connectivity index (χ3n) is 3.28. The van der Waals surface area contributed by atoms with Gasteiger partial charge in [0.2, 0.25) is 0 Å². The van der Waals surface area contributed by atoms with Crippen LogP contribution in [0.1, 0.15) is 28.1 Å². The number of benzene rings is 1. The molecular formula is C14H15BrN4OS. The largest absolute Gasteiger partial charge is 0.382 e. The standard InChI is InChI=1S/C14H15BrN4OS/c1-7-9(15)3-2-4-10(7)18-13(20)11-12(16)19-14(21-11)17-8-5-6-8/h2-4,8H,5-6,16H2,1H3,(H,17,19)(H,18,20). The van der Waals surface area contributed by atoms with Crippen LogP contribution in [0.2, 0.25) is 0 Å². The van der Waals surface area contributed by atoms with Crippen LogP contribution in [0.15, 0.2) is 22.7 Å². The predicted molar refractivity (Wildman–Crippen MR) is 90.0 cm³/mol. The molecule has 1 amide bonds. The molecule has 1 aliphatic rings. The number of amides is 1. The summed E-state index contributed by atoms with van der Waals surface area (Å²) < 4.78 is 0.952. The van der Waals surface area contributed by atoms with E-state index in [4.69, 9.17) is 5.73 Å². The van der Waals surface area contributed by atoms with Gasteiger partial charge in [-0.05, 0) is 37.5 Å². The lowest BCUT2D eigenvalue weighted by atomic mass is 10.2. The van der Waals surface area contributed by atoms with Gasteiger partial charge in [-0.3, -0.25) is 4.79 Å². The molecule has 0 bridgehead atoms. The molecule has 0 saturated heterocycles. The van der Waals surface area contributed by atoms with Crippen LogP contribution >= 0.6 is 27.3 Å². The summed E-state index contributed by atoms with van der Waals surface area (Å²) in [6.07, 6.45) is 2.30. The highest BCUT2D eigenvalue weighted by Gasteiger charge is 2.24. The molecule has 0 radical (unpaired) electrons. The lowest BCUT2D eigenvalue weighted by molar-refractivity contribution is 0.103. The molecule has 4 N–H and O–H groups in total. The first kappa shape index (κ1) is 14.3. The van der Waals surface area contributed by atoms with Crippen molar-refractivity contribution < 1.29 is 4.79 Å². The zero-order chi connectivity index (χ0) is 15.0. The molecule has 21 heavy (non-hydrogen) atoms. The molecule has 3 rings (SSSR count). The number of nitrogens with zero attached hydrogens (tertiary/aromatic N) is 1. The third-order valence-corrected chi connectivity index (χ3v) is 5.14. The molecule has 7 heteroatoms. The summed E-state index contributed by atoms with van der Waals surface area (Å²) in [6.45, 7) is 1.94. The van der Waals surface area contributed by atoms with Crippen molar-refractivity contribution >= 4 is 49.8 Å². The van der Waals surface area contributed by atoms with Crippen LogP contribution in [-0.4, -0.2) is 16.9 Å². The molecule has 1 saturated carbocycles. The Labute approximate surface area is 135 Å². The monoisotopic (exact) mass is 366 g/mol. The second-order valence-corrected chi connectivity index (χ2v) is 6.87. The molecule has 5 nitrogen and oxygen atoms in total. The van der Waals surface area contributed by atoms with Gasteiger partial charge in [0.05, 0.1) is 0 Å². The van der Waals surface area contributed by atoms with Gasteiger partial charge in [-0.25, -0.2) is 4.98 Å². The van der Waals surface area contributed by atoms with E-state index in [1.807, 2.05) is 25.1 Å². The molecule has 1 heterocycles. The topological polar surface area (TPSA) is 80.0 Å². The van der Waals surface area contributed by atoms with Crippen LogP contribution in [0.4, 0.5) is 16.6 Å². The molecule has 1 aromatic heterocycles. The van der Waals surface area contributed by atoms with Gasteiger partial charge in [0.25, 0.3) is 5.91 Å². The van der Waals surface area contributed by atoms with Gasteiger partial charge < -0.3 is 16.4 Å². The SMILES string of the molecule is Cc1c(Br)cccc1NC(=O)c1sc(NC2CC2)nc1N. The maximum Gasteiger partial charge on any atom is 0.269 e. The Morgan fingerprint density at radius 2 is 2.24 bits per heavy atom. The zero-order valence-corrected chi connectivity index (χ0v) is 13.8. The molecule has 2 aromatic rings. The second-order valence-electron chi connectivity index (χ2n) is 5.02. The Hall–Kier alpha value is -1.60. The van der Waals surface area contributed by atoms with E-state index in [0.717, 1.165) is 28.6 Å². The van der Waals surface area contributed by atoms with Gasteiger partial charge >= 0.3 is 0 Å². The van der Waals surface area contributed by atoms with E-state index in [1.54, 1.807) is 0 Å². The molecule has 0 atom stereocenters. The van der Waals surface area contributed by atoms with Crippen LogP contribution in [0.5, 0.6) is 0 Å². The molecule has 110 valence electrons. The summed E-state index contributed by atoms with van der Waals surface area (Å²) in [5, 5.41) is 6.85. The van der Waals surface area contributed by atoms with E-state index in [9.17, 15) is 4.79 Å². The van der Waals surface area contributed by atoms with E-state index in [1.165, 1.54) is 11.3 Å². The van der Waals surface area contributed by atoms with Crippen molar-refractivity contribution in [1.29, 1.82) is 0 Å². The van der Waals surface area contributed by atoms with Crippen molar-refractivity contribution in [1.82, 2.24) is 4.98 Å². The number of carbonyl (C=O) groups excluding carboxylic acids is 1. The van der Waals surface area contributed by atoms with Crippen LogP contribution < -0.4 is 16.4 Å². The van der Waals surface area contributed by atoms with Gasteiger partial charge in [-0.15, -0.1) is 0 Å². The first-order chi connectivity index (χ1) is 10.0. The molecule has 1 aliphatic carbocycles. The number of aromatic nitrogens is 1. The highest BCUT2D eigenvalue weighted by molar-refractivity contribution is 9.10. The van der Waals surface area contributed by atoms with E-state index >= 15 is 0 Å². The average Bonchev–Trinajstić information content (AvgIpc) is 3.17. The quantitative estimate of drug-likeness (QED) is 0.771. The number of carbonyl (C=O) groups is 1. The summed E-state index contributed by atoms with van der Waals surface area (Å²) in [6, 6.07) is 6.16. The number of hydrogen-bond donors (Lipinski definition) is 3. The molecule has 0 spiro atoms. The Morgan fingerprint density at radius 3 is 2.95 bits per heavy atom. The molecule has 0 aliphatic heterocycles. The number of hydrogen-bond acceptors (Lipinski definition) is 5. The third kappa shape index (κ3) is 3.19. The van der Waals surface area contributed by atoms with E-state index in [-0.39, 0.29) is 11.7 Å². The number of anilines is 3. The second kappa shape index (κ2) is 5.65. The highest BCUT2D eigenvalue weighted by Crippen LogP contribution is 2.31. The van der Waals surface area contributed by atoms with E-state index in [0.29, 0.717) is 16.1 Å². The molecule has 0 unspecified atom stereocenters. The van der Waals surface area contributed by atoms with Crippen LogP contribution in [-0.2, 0) is 0 Å². The van der Waals surface area contributed by atoms with Crippen molar-refractivity contribution in [2.24, 2.45) is 0 Å². The Kier molecular flexibility index (Phi) is 3.86. The van der Waals surface area contributed by atoms with Crippen LogP contribution in [0, 0.1) is 6.92 Å². The first-order valence-electron chi connectivity index (χ1n) is 6.64. The smallest absolute Gasteiger partial charge is 0.269 e. The molecule has 1 aromatic carbocycles. The van der Waals surface area contributed by atoms with Crippen molar-refractivity contribution in [3.63, 3.8) is 0 Å². The Bertz CT molecular complexity index is 696. The maximum absolute atomic E-state index is 12.3. The minimum absolute atomic E-state index is 0.227. The van der Waals surface area contributed by atoms with Crippen molar-refractivity contribution in [3.05, 3.63) is 33.1 Å². The number of rotatable bonds is 4. The van der Waals surface area contributed by atoms with Crippen molar-refractivity contribution in [3.8, 4) is 0 Å².